The Hall–Kier alpha value is -2.22. The number of carbonyl (C=O) groups is 1. The molecule has 1 aliphatic heterocycles. The number of carbonyl (C=O) groups excluding carboxylic acids is 1. The Morgan fingerprint density at radius 2 is 2.09 bits per heavy atom. The summed E-state index contributed by atoms with van der Waals surface area (Å²) in [6.45, 7) is 5.14. The first kappa shape index (κ1) is 17.1. The highest BCUT2D eigenvalue weighted by molar-refractivity contribution is 5.76. The van der Waals surface area contributed by atoms with Gasteiger partial charge < -0.3 is 10.2 Å². The van der Waals surface area contributed by atoms with Gasteiger partial charge in [0.15, 0.2) is 0 Å². The van der Waals surface area contributed by atoms with Gasteiger partial charge in [0.25, 0.3) is 11.2 Å². The van der Waals surface area contributed by atoms with Crippen molar-refractivity contribution >= 4 is 11.6 Å². The summed E-state index contributed by atoms with van der Waals surface area (Å²) in [6.07, 6.45) is 2.99. The van der Waals surface area contributed by atoms with Gasteiger partial charge in [0, 0.05) is 25.2 Å². The maximum absolute atomic E-state index is 12.3. The van der Waals surface area contributed by atoms with E-state index in [0.717, 1.165) is 48.8 Å². The molecular weight excluding hydrogens is 300 g/mol. The highest BCUT2D eigenvalue weighted by Crippen LogP contribution is 2.17. The standard InChI is InChI=1S/C15H22N4O4/c1-2-16-9-12-5-7-17(8-6-12)15(21)11-18-10-13(19(22)23)3-4-14(18)20/h3-4,10,12,16H,2,5-9,11H2,1H3. The van der Waals surface area contributed by atoms with Crippen LogP contribution < -0.4 is 10.9 Å². The third-order valence-electron chi connectivity index (χ3n) is 4.13. The molecule has 0 spiro atoms. The minimum atomic E-state index is -0.577. The molecule has 8 heteroatoms. The van der Waals surface area contributed by atoms with E-state index in [9.17, 15) is 19.7 Å². The lowest BCUT2D eigenvalue weighted by atomic mass is 9.97. The first-order valence-corrected chi connectivity index (χ1v) is 7.84. The van der Waals surface area contributed by atoms with E-state index in [0.29, 0.717) is 19.0 Å². The maximum atomic E-state index is 12.3. The van der Waals surface area contributed by atoms with Crippen LogP contribution in [-0.4, -0.2) is 46.5 Å². The van der Waals surface area contributed by atoms with Crippen molar-refractivity contribution in [3.8, 4) is 0 Å². The molecule has 126 valence electrons. The summed E-state index contributed by atoms with van der Waals surface area (Å²) in [5.74, 6) is 0.397. The lowest BCUT2D eigenvalue weighted by Crippen LogP contribution is -2.43. The number of likely N-dealkylation sites (tertiary alicyclic amines) is 1. The fourth-order valence-corrected chi connectivity index (χ4v) is 2.73. The fourth-order valence-electron chi connectivity index (χ4n) is 2.73. The molecular formula is C15H22N4O4. The van der Waals surface area contributed by atoms with Gasteiger partial charge in [-0.2, -0.15) is 0 Å². The number of pyridine rings is 1. The smallest absolute Gasteiger partial charge is 0.285 e. The molecule has 0 unspecified atom stereocenters. The van der Waals surface area contributed by atoms with Gasteiger partial charge in [0.05, 0.1) is 11.1 Å². The van der Waals surface area contributed by atoms with Crippen molar-refractivity contribution in [2.75, 3.05) is 26.2 Å². The third kappa shape index (κ3) is 4.62. The number of rotatable bonds is 6. The number of nitro groups is 1. The molecule has 0 aromatic carbocycles. The van der Waals surface area contributed by atoms with Crippen LogP contribution in [0.25, 0.3) is 0 Å². The molecule has 0 bridgehead atoms. The van der Waals surface area contributed by atoms with E-state index in [1.807, 2.05) is 0 Å². The third-order valence-corrected chi connectivity index (χ3v) is 4.13. The second-order valence-electron chi connectivity index (χ2n) is 5.74. The van der Waals surface area contributed by atoms with Crippen LogP contribution >= 0.6 is 0 Å². The number of hydrogen-bond acceptors (Lipinski definition) is 5. The number of nitrogens with zero attached hydrogens (tertiary/aromatic N) is 3. The Morgan fingerprint density at radius 3 is 2.70 bits per heavy atom. The zero-order chi connectivity index (χ0) is 16.8. The van der Waals surface area contributed by atoms with Crippen molar-refractivity contribution in [1.29, 1.82) is 0 Å². The van der Waals surface area contributed by atoms with Crippen LogP contribution in [0.15, 0.2) is 23.1 Å². The van der Waals surface area contributed by atoms with Crippen LogP contribution in [-0.2, 0) is 11.3 Å². The molecule has 1 aromatic rings. The molecule has 1 fully saturated rings. The van der Waals surface area contributed by atoms with Gasteiger partial charge in [-0.1, -0.05) is 6.92 Å². The number of amides is 1. The average Bonchev–Trinajstić information content (AvgIpc) is 2.55. The second kappa shape index (κ2) is 7.87. The average molecular weight is 322 g/mol. The molecule has 1 amide bonds. The minimum absolute atomic E-state index is 0.154. The fraction of sp³-hybridized carbons (Fsp3) is 0.600. The van der Waals surface area contributed by atoms with Crippen molar-refractivity contribution in [2.45, 2.75) is 26.3 Å². The zero-order valence-electron chi connectivity index (χ0n) is 13.2. The molecule has 2 heterocycles. The summed E-state index contributed by atoms with van der Waals surface area (Å²) in [5, 5.41) is 14.1. The first-order chi connectivity index (χ1) is 11.0. The quantitative estimate of drug-likeness (QED) is 0.611. The van der Waals surface area contributed by atoms with Crippen molar-refractivity contribution in [3.63, 3.8) is 0 Å². The monoisotopic (exact) mass is 322 g/mol. The Balaban J connectivity index is 1.94. The summed E-state index contributed by atoms with van der Waals surface area (Å²) < 4.78 is 1.10. The molecule has 1 aromatic heterocycles. The summed E-state index contributed by atoms with van der Waals surface area (Å²) in [6, 6.07) is 2.27. The van der Waals surface area contributed by atoms with Crippen LogP contribution in [0, 0.1) is 16.0 Å². The summed E-state index contributed by atoms with van der Waals surface area (Å²) in [4.78, 5) is 36.0. The normalized spacial score (nSPS) is 15.6. The maximum Gasteiger partial charge on any atom is 0.285 e. The molecule has 1 aliphatic rings. The van der Waals surface area contributed by atoms with Gasteiger partial charge in [-0.3, -0.25) is 24.3 Å². The Morgan fingerprint density at radius 1 is 1.39 bits per heavy atom. The second-order valence-corrected chi connectivity index (χ2v) is 5.74. The largest absolute Gasteiger partial charge is 0.341 e. The van der Waals surface area contributed by atoms with E-state index < -0.39 is 10.5 Å². The van der Waals surface area contributed by atoms with Gasteiger partial charge in [-0.05, 0) is 31.8 Å². The highest BCUT2D eigenvalue weighted by Gasteiger charge is 2.23. The summed E-state index contributed by atoms with van der Waals surface area (Å²) in [7, 11) is 0. The molecule has 8 nitrogen and oxygen atoms in total. The SMILES string of the molecule is CCNCC1CCN(C(=O)Cn2cc([N+](=O)[O-])ccc2=O)CC1. The van der Waals surface area contributed by atoms with Gasteiger partial charge in [-0.15, -0.1) is 0 Å². The Labute approximate surface area is 134 Å². The molecule has 1 N–H and O–H groups in total. The van der Waals surface area contributed by atoms with E-state index in [2.05, 4.69) is 12.2 Å². The molecule has 23 heavy (non-hydrogen) atoms. The van der Waals surface area contributed by atoms with E-state index in [-0.39, 0.29) is 18.1 Å². The molecule has 1 saturated heterocycles. The lowest BCUT2D eigenvalue weighted by Gasteiger charge is -2.32. The molecule has 0 saturated carbocycles. The molecule has 0 atom stereocenters. The Bertz CT molecular complexity index is 620. The van der Waals surface area contributed by atoms with Crippen molar-refractivity contribution in [1.82, 2.24) is 14.8 Å². The highest BCUT2D eigenvalue weighted by atomic mass is 16.6. The van der Waals surface area contributed by atoms with Gasteiger partial charge in [-0.25, -0.2) is 0 Å². The van der Waals surface area contributed by atoms with Gasteiger partial charge >= 0.3 is 0 Å². The molecule has 2 rings (SSSR count). The van der Waals surface area contributed by atoms with Crippen LogP contribution in [0.3, 0.4) is 0 Å². The van der Waals surface area contributed by atoms with E-state index in [1.54, 1.807) is 4.90 Å². The van der Waals surface area contributed by atoms with Gasteiger partial charge in [0.1, 0.15) is 6.54 Å². The topological polar surface area (TPSA) is 97.5 Å². The Kier molecular flexibility index (Phi) is 5.86. The number of piperidine rings is 1. The van der Waals surface area contributed by atoms with Crippen LogP contribution in [0.5, 0.6) is 0 Å². The van der Waals surface area contributed by atoms with Crippen LogP contribution in [0.4, 0.5) is 5.69 Å². The predicted octanol–water partition coefficient (Wildman–Crippen LogP) is 0.605. The number of aromatic nitrogens is 1. The molecule has 0 radical (unpaired) electrons. The van der Waals surface area contributed by atoms with Crippen molar-refractivity contribution < 1.29 is 9.72 Å². The van der Waals surface area contributed by atoms with E-state index >= 15 is 0 Å². The first-order valence-electron chi connectivity index (χ1n) is 7.84. The summed E-state index contributed by atoms with van der Waals surface area (Å²) >= 11 is 0. The van der Waals surface area contributed by atoms with Crippen LogP contribution in [0.2, 0.25) is 0 Å². The van der Waals surface area contributed by atoms with Gasteiger partial charge in [0.2, 0.25) is 5.91 Å². The minimum Gasteiger partial charge on any atom is -0.341 e. The summed E-state index contributed by atoms with van der Waals surface area (Å²) in [5.41, 5.74) is -0.604. The van der Waals surface area contributed by atoms with E-state index in [4.69, 9.17) is 0 Å². The number of nitrogens with one attached hydrogen (secondary N) is 1. The predicted molar refractivity (Wildman–Crippen MR) is 85.2 cm³/mol. The number of hydrogen-bond donors (Lipinski definition) is 1. The van der Waals surface area contributed by atoms with Crippen molar-refractivity contribution in [3.05, 3.63) is 38.8 Å². The van der Waals surface area contributed by atoms with E-state index in [1.165, 1.54) is 0 Å². The van der Waals surface area contributed by atoms with Crippen molar-refractivity contribution in [2.24, 2.45) is 5.92 Å². The van der Waals surface area contributed by atoms with Crippen LogP contribution in [0.1, 0.15) is 19.8 Å². The molecule has 0 aliphatic carbocycles. The lowest BCUT2D eigenvalue weighted by molar-refractivity contribution is -0.385. The zero-order valence-corrected chi connectivity index (χ0v) is 13.2.